The highest BCUT2D eigenvalue weighted by molar-refractivity contribution is 5.99. The minimum Gasteiger partial charge on any atom is -0.385 e. The number of fused-ring (bicyclic) bond motifs is 1. The molecule has 1 N–H and O–H groups in total. The largest absolute Gasteiger partial charge is 0.385 e. The number of anilines is 1. The molecule has 1 aliphatic heterocycles. The number of Topliss-reactive ketones (excluding diaryl/α,β-unsaturated/α-hetero) is 1. The van der Waals surface area contributed by atoms with Crippen LogP contribution >= 0.6 is 0 Å². The van der Waals surface area contributed by atoms with Gasteiger partial charge in [-0.25, -0.2) is 0 Å². The second kappa shape index (κ2) is 6.03. The first-order chi connectivity index (χ1) is 8.72. The van der Waals surface area contributed by atoms with Gasteiger partial charge in [0, 0.05) is 24.2 Å². The lowest BCUT2D eigenvalue weighted by Gasteiger charge is -2.21. The van der Waals surface area contributed by atoms with Gasteiger partial charge in [-0.05, 0) is 30.4 Å². The number of carbonyl (C=O) groups excluding carboxylic acids is 1. The van der Waals surface area contributed by atoms with Crippen molar-refractivity contribution in [1.29, 1.82) is 0 Å². The summed E-state index contributed by atoms with van der Waals surface area (Å²) < 4.78 is 0. The second-order valence-electron chi connectivity index (χ2n) is 5.38. The van der Waals surface area contributed by atoms with Gasteiger partial charge in [0.2, 0.25) is 0 Å². The molecule has 1 aromatic rings. The molecule has 18 heavy (non-hydrogen) atoms. The van der Waals surface area contributed by atoms with Crippen molar-refractivity contribution >= 4 is 11.5 Å². The first-order valence-electron chi connectivity index (χ1n) is 7.11. The molecule has 1 atom stereocenters. The van der Waals surface area contributed by atoms with Crippen LogP contribution in [0.3, 0.4) is 0 Å². The lowest BCUT2D eigenvalue weighted by Crippen LogP contribution is -2.16. The summed E-state index contributed by atoms with van der Waals surface area (Å²) in [7, 11) is 0. The van der Waals surface area contributed by atoms with Crippen LogP contribution in [0.25, 0.3) is 0 Å². The van der Waals surface area contributed by atoms with E-state index < -0.39 is 0 Å². The maximum Gasteiger partial charge on any atom is 0.163 e. The molecule has 1 aliphatic rings. The molecule has 2 rings (SSSR count). The van der Waals surface area contributed by atoms with E-state index in [9.17, 15) is 4.79 Å². The number of carbonyl (C=O) groups is 1. The molecule has 0 radical (unpaired) electrons. The fourth-order valence-corrected chi connectivity index (χ4v) is 2.79. The van der Waals surface area contributed by atoms with Gasteiger partial charge in [0.25, 0.3) is 0 Å². The first-order valence-corrected chi connectivity index (χ1v) is 7.11. The van der Waals surface area contributed by atoms with Crippen molar-refractivity contribution in [3.63, 3.8) is 0 Å². The summed E-state index contributed by atoms with van der Waals surface area (Å²) in [6.45, 7) is 5.38. The number of benzene rings is 1. The highest BCUT2D eigenvalue weighted by Crippen LogP contribution is 2.27. The van der Waals surface area contributed by atoms with Crippen LogP contribution in [0.4, 0.5) is 5.69 Å². The van der Waals surface area contributed by atoms with Crippen molar-refractivity contribution in [2.24, 2.45) is 5.92 Å². The quantitative estimate of drug-likeness (QED) is 0.793. The summed E-state index contributed by atoms with van der Waals surface area (Å²) in [6.07, 6.45) is 5.14. The zero-order chi connectivity index (χ0) is 13.0. The molecule has 0 saturated heterocycles. The molecule has 0 bridgehead atoms. The predicted octanol–water partition coefficient (Wildman–Crippen LogP) is 4.05. The van der Waals surface area contributed by atoms with Crippen LogP contribution in [-0.4, -0.2) is 12.3 Å². The number of ketones is 1. The Morgan fingerprint density at radius 1 is 1.44 bits per heavy atom. The van der Waals surface area contributed by atoms with Crippen molar-refractivity contribution in [2.75, 3.05) is 11.9 Å². The molecule has 1 heterocycles. The van der Waals surface area contributed by atoms with Gasteiger partial charge in [-0.3, -0.25) is 4.79 Å². The van der Waals surface area contributed by atoms with Gasteiger partial charge in [0.15, 0.2) is 5.78 Å². The predicted molar refractivity (Wildman–Crippen MR) is 76.3 cm³/mol. The van der Waals surface area contributed by atoms with E-state index >= 15 is 0 Å². The van der Waals surface area contributed by atoms with Gasteiger partial charge in [0.05, 0.1) is 0 Å². The Morgan fingerprint density at radius 3 is 3.06 bits per heavy atom. The summed E-state index contributed by atoms with van der Waals surface area (Å²) in [4.78, 5) is 12.4. The molecule has 98 valence electrons. The molecule has 2 nitrogen and oxygen atoms in total. The Bertz CT molecular complexity index is 425. The Morgan fingerprint density at radius 2 is 2.28 bits per heavy atom. The van der Waals surface area contributed by atoms with E-state index in [1.807, 2.05) is 12.1 Å². The van der Waals surface area contributed by atoms with Gasteiger partial charge in [-0.1, -0.05) is 38.8 Å². The first kappa shape index (κ1) is 13.1. The lowest BCUT2D eigenvalue weighted by molar-refractivity contribution is 0.0961. The SMILES string of the molecule is CCCC(C)CC(=O)c1cccc2c1CCCN2. The monoisotopic (exact) mass is 245 g/mol. The highest BCUT2D eigenvalue weighted by atomic mass is 16.1. The van der Waals surface area contributed by atoms with Crippen LogP contribution in [0.1, 0.15) is 55.5 Å². The molecule has 2 heteroatoms. The third kappa shape index (κ3) is 2.92. The summed E-state index contributed by atoms with van der Waals surface area (Å²) in [6, 6.07) is 6.07. The minimum atomic E-state index is 0.316. The Labute approximate surface area is 110 Å². The van der Waals surface area contributed by atoms with Crippen LogP contribution in [0.5, 0.6) is 0 Å². The van der Waals surface area contributed by atoms with E-state index in [1.54, 1.807) is 0 Å². The zero-order valence-corrected chi connectivity index (χ0v) is 11.5. The van der Waals surface area contributed by atoms with Crippen molar-refractivity contribution in [3.05, 3.63) is 29.3 Å². The van der Waals surface area contributed by atoms with E-state index in [4.69, 9.17) is 0 Å². The number of hydrogen-bond acceptors (Lipinski definition) is 2. The smallest absolute Gasteiger partial charge is 0.163 e. The molecule has 0 aromatic heterocycles. The van der Waals surface area contributed by atoms with Crippen molar-refractivity contribution in [1.82, 2.24) is 0 Å². The summed E-state index contributed by atoms with van der Waals surface area (Å²) in [5.74, 6) is 0.811. The molecule has 1 aromatic carbocycles. The summed E-state index contributed by atoms with van der Waals surface area (Å²) >= 11 is 0. The van der Waals surface area contributed by atoms with Crippen LogP contribution in [0.15, 0.2) is 18.2 Å². The van der Waals surface area contributed by atoms with E-state index in [2.05, 4.69) is 25.2 Å². The molecule has 0 aliphatic carbocycles. The van der Waals surface area contributed by atoms with Gasteiger partial charge in [0.1, 0.15) is 0 Å². The molecular formula is C16H23NO. The number of hydrogen-bond donors (Lipinski definition) is 1. The van der Waals surface area contributed by atoms with Gasteiger partial charge >= 0.3 is 0 Å². The van der Waals surface area contributed by atoms with Crippen LogP contribution < -0.4 is 5.32 Å². The maximum absolute atomic E-state index is 12.4. The standard InChI is InChI=1S/C16H23NO/c1-3-6-12(2)11-16(18)14-7-4-9-15-13(14)8-5-10-17-15/h4,7,9,12,17H,3,5-6,8,10-11H2,1-2H3. The fraction of sp³-hybridized carbons (Fsp3) is 0.562. The Balaban J connectivity index is 2.15. The Hall–Kier alpha value is -1.31. The zero-order valence-electron chi connectivity index (χ0n) is 11.5. The van der Waals surface area contributed by atoms with E-state index in [0.29, 0.717) is 18.1 Å². The fourth-order valence-electron chi connectivity index (χ4n) is 2.79. The van der Waals surface area contributed by atoms with Gasteiger partial charge < -0.3 is 5.32 Å². The maximum atomic E-state index is 12.4. The topological polar surface area (TPSA) is 29.1 Å². The van der Waals surface area contributed by atoms with Gasteiger partial charge in [-0.2, -0.15) is 0 Å². The Kier molecular flexibility index (Phi) is 4.40. The van der Waals surface area contributed by atoms with Crippen molar-refractivity contribution in [3.8, 4) is 0 Å². The van der Waals surface area contributed by atoms with Crippen LogP contribution in [-0.2, 0) is 6.42 Å². The average molecular weight is 245 g/mol. The highest BCUT2D eigenvalue weighted by Gasteiger charge is 2.18. The van der Waals surface area contributed by atoms with Crippen molar-refractivity contribution in [2.45, 2.75) is 46.0 Å². The normalized spacial score (nSPS) is 15.7. The average Bonchev–Trinajstić information content (AvgIpc) is 2.38. The lowest BCUT2D eigenvalue weighted by atomic mass is 9.90. The minimum absolute atomic E-state index is 0.316. The number of rotatable bonds is 5. The molecule has 1 unspecified atom stereocenters. The molecular weight excluding hydrogens is 222 g/mol. The summed E-state index contributed by atoms with van der Waals surface area (Å²) in [5, 5.41) is 3.38. The van der Waals surface area contributed by atoms with Crippen molar-refractivity contribution < 1.29 is 4.79 Å². The third-order valence-electron chi connectivity index (χ3n) is 3.71. The van der Waals surface area contributed by atoms with E-state index in [-0.39, 0.29) is 0 Å². The van der Waals surface area contributed by atoms with E-state index in [0.717, 1.165) is 43.5 Å². The number of nitrogens with one attached hydrogen (secondary N) is 1. The van der Waals surface area contributed by atoms with Crippen LogP contribution in [0, 0.1) is 5.92 Å². The van der Waals surface area contributed by atoms with Crippen LogP contribution in [0.2, 0.25) is 0 Å². The molecule has 0 saturated carbocycles. The molecule has 0 fully saturated rings. The molecule has 0 spiro atoms. The second-order valence-corrected chi connectivity index (χ2v) is 5.38. The molecule has 0 amide bonds. The van der Waals surface area contributed by atoms with E-state index in [1.165, 1.54) is 5.56 Å². The van der Waals surface area contributed by atoms with Gasteiger partial charge in [-0.15, -0.1) is 0 Å². The third-order valence-corrected chi connectivity index (χ3v) is 3.71. The summed E-state index contributed by atoms with van der Waals surface area (Å²) in [5.41, 5.74) is 3.34.